The monoisotopic (exact) mass is 1110 g/mol. The summed E-state index contributed by atoms with van der Waals surface area (Å²) in [6.07, 6.45) is 103. The Bertz CT molecular complexity index is 2000. The van der Waals surface area contributed by atoms with Gasteiger partial charge in [0.1, 0.15) is 13.2 Å². The van der Waals surface area contributed by atoms with Crippen molar-refractivity contribution in [3.05, 3.63) is 207 Å². The summed E-state index contributed by atoms with van der Waals surface area (Å²) in [6.45, 7) is 6.15. The quantitative estimate of drug-likeness (QED) is 0.0261. The molecule has 448 valence electrons. The molecule has 0 radical (unpaired) electrons. The van der Waals surface area contributed by atoms with E-state index in [1.807, 2.05) is 6.08 Å². The molecule has 0 bridgehead atoms. The number of ether oxygens (including phenoxy) is 3. The van der Waals surface area contributed by atoms with Crippen molar-refractivity contribution in [2.24, 2.45) is 0 Å². The highest BCUT2D eigenvalue weighted by Crippen LogP contribution is 2.12. The lowest BCUT2D eigenvalue weighted by atomic mass is 10.1. The fourth-order valence-electron chi connectivity index (χ4n) is 7.70. The van der Waals surface area contributed by atoms with Gasteiger partial charge in [0, 0.05) is 12.8 Å². The highest BCUT2D eigenvalue weighted by molar-refractivity contribution is 5.72. The van der Waals surface area contributed by atoms with Crippen LogP contribution in [0.25, 0.3) is 0 Å². The van der Waals surface area contributed by atoms with E-state index in [0.29, 0.717) is 19.3 Å². The number of allylic oxidation sites excluding steroid dienone is 33. The van der Waals surface area contributed by atoms with Crippen molar-refractivity contribution in [3.63, 3.8) is 0 Å². The third-order valence-corrected chi connectivity index (χ3v) is 12.3. The fourth-order valence-corrected chi connectivity index (χ4v) is 7.70. The summed E-state index contributed by atoms with van der Waals surface area (Å²) in [7, 11) is 0. The van der Waals surface area contributed by atoms with Gasteiger partial charge in [-0.15, -0.1) is 0 Å². The standard InChI is InChI=1S/C75H112O6/c1-4-7-10-13-16-19-22-25-27-28-29-30-31-32-33-34-35-36-37-38-39-40-41-42-43-44-45-46-48-50-53-56-59-62-65-68-74(77)80-71-72(70-79-73(76)67-64-61-58-55-52-49-24-21-18-15-12-9-6-3)81-75(78)69-66-63-60-57-54-51-47-26-23-20-17-14-11-8-5-2/h7-12,16-21,25-27,29-30,32-33,35-36,38-39,41-42,44-45,47,49,52,54,57,63,66,72H,4-6,13-15,22-24,28,31,34,37,40,43,46,48,50-51,53,55-56,58-62,64-65,67-71H2,1-3H3/b10-7-,11-8-,12-9-,19-16-,20-17-,21-18-,27-25-,30-29-,33-32-,36-35-,39-38-,42-41-,45-44-,47-26-,52-49-,57-54-,66-63-. The first-order valence-corrected chi connectivity index (χ1v) is 31.6. The van der Waals surface area contributed by atoms with Crippen LogP contribution in [0.4, 0.5) is 0 Å². The number of unbranched alkanes of at least 4 members (excludes halogenated alkanes) is 10. The van der Waals surface area contributed by atoms with Crippen LogP contribution < -0.4 is 0 Å². The first-order chi connectivity index (χ1) is 40.0. The van der Waals surface area contributed by atoms with Gasteiger partial charge >= 0.3 is 17.9 Å². The number of hydrogen-bond acceptors (Lipinski definition) is 6. The molecule has 1 atom stereocenters. The van der Waals surface area contributed by atoms with Crippen molar-refractivity contribution in [2.45, 2.75) is 232 Å². The van der Waals surface area contributed by atoms with Gasteiger partial charge in [0.25, 0.3) is 0 Å². The number of rotatable bonds is 54. The van der Waals surface area contributed by atoms with E-state index in [-0.39, 0.29) is 31.6 Å². The SMILES string of the molecule is CC/C=C\C/C=C\C/C=C\C/C=C\C/C=C\C/C=C\C/C=C\C/C=C\C/C=C\CCCCCCCCCC(=O)OCC(COC(=O)CCCCC/C=C\C/C=C\C/C=C\CC)OC(=O)C/C=C\C/C=C\C/C=C\C/C=C\C/C=C\CC. The average Bonchev–Trinajstić information content (AvgIpc) is 3.46. The normalized spacial score (nSPS) is 13.6. The molecule has 0 aliphatic heterocycles. The lowest BCUT2D eigenvalue weighted by Gasteiger charge is -2.18. The Kier molecular flexibility index (Phi) is 61.6. The predicted molar refractivity (Wildman–Crippen MR) is 352 cm³/mol. The van der Waals surface area contributed by atoms with Gasteiger partial charge < -0.3 is 14.2 Å². The van der Waals surface area contributed by atoms with E-state index < -0.39 is 12.1 Å². The Morgan fingerprint density at radius 3 is 0.765 bits per heavy atom. The van der Waals surface area contributed by atoms with Gasteiger partial charge in [0.2, 0.25) is 0 Å². The molecule has 81 heavy (non-hydrogen) atoms. The van der Waals surface area contributed by atoms with Crippen LogP contribution in [0.5, 0.6) is 0 Å². The predicted octanol–water partition coefficient (Wildman–Crippen LogP) is 22.0. The number of hydrogen-bond donors (Lipinski definition) is 0. The van der Waals surface area contributed by atoms with Gasteiger partial charge in [-0.3, -0.25) is 14.4 Å². The van der Waals surface area contributed by atoms with Gasteiger partial charge in [-0.1, -0.05) is 266 Å². The maximum atomic E-state index is 12.8. The summed E-state index contributed by atoms with van der Waals surface area (Å²) in [5, 5.41) is 0. The Hall–Kier alpha value is -6.01. The Labute approximate surface area is 496 Å². The van der Waals surface area contributed by atoms with Gasteiger partial charge in [0.05, 0.1) is 6.42 Å². The molecule has 0 aliphatic carbocycles. The molecule has 0 saturated carbocycles. The fraction of sp³-hybridized carbons (Fsp3) is 0.507. The van der Waals surface area contributed by atoms with Crippen LogP contribution in [0.15, 0.2) is 207 Å². The van der Waals surface area contributed by atoms with E-state index >= 15 is 0 Å². The van der Waals surface area contributed by atoms with E-state index in [9.17, 15) is 14.4 Å². The van der Waals surface area contributed by atoms with Crippen LogP contribution in [0.1, 0.15) is 226 Å². The lowest BCUT2D eigenvalue weighted by Crippen LogP contribution is -2.30. The number of esters is 3. The molecule has 0 saturated heterocycles. The van der Waals surface area contributed by atoms with Crippen molar-refractivity contribution >= 4 is 17.9 Å². The van der Waals surface area contributed by atoms with Crippen LogP contribution in [-0.2, 0) is 28.6 Å². The second-order valence-corrected chi connectivity index (χ2v) is 19.8. The summed E-state index contributed by atoms with van der Waals surface area (Å²) in [4.78, 5) is 38.1. The van der Waals surface area contributed by atoms with E-state index in [1.54, 1.807) is 6.08 Å². The Balaban J connectivity index is 4.38. The molecule has 0 aromatic heterocycles. The maximum Gasteiger partial charge on any atom is 0.310 e. The molecule has 0 aromatic carbocycles. The van der Waals surface area contributed by atoms with Crippen LogP contribution in [0.3, 0.4) is 0 Å². The molecule has 0 N–H and O–H groups in total. The smallest absolute Gasteiger partial charge is 0.310 e. The molecule has 0 fully saturated rings. The number of carbonyl (C=O) groups excluding carboxylic acids is 3. The molecule has 0 heterocycles. The average molecular weight is 1110 g/mol. The molecule has 6 nitrogen and oxygen atoms in total. The molecule has 0 aliphatic rings. The van der Waals surface area contributed by atoms with E-state index in [2.05, 4.69) is 215 Å². The summed E-state index contributed by atoms with van der Waals surface area (Å²) < 4.78 is 16.7. The molecular weight excluding hydrogens is 997 g/mol. The molecule has 0 spiro atoms. The van der Waals surface area contributed by atoms with E-state index in [4.69, 9.17) is 14.2 Å². The minimum atomic E-state index is -0.862. The zero-order valence-corrected chi connectivity index (χ0v) is 51.2. The van der Waals surface area contributed by atoms with Crippen LogP contribution >= 0.6 is 0 Å². The summed E-state index contributed by atoms with van der Waals surface area (Å²) in [5.41, 5.74) is 0. The van der Waals surface area contributed by atoms with Gasteiger partial charge in [-0.2, -0.15) is 0 Å². The first-order valence-electron chi connectivity index (χ1n) is 31.6. The van der Waals surface area contributed by atoms with Crippen LogP contribution in [0, 0.1) is 0 Å². The van der Waals surface area contributed by atoms with Crippen molar-refractivity contribution in [3.8, 4) is 0 Å². The topological polar surface area (TPSA) is 78.9 Å². The van der Waals surface area contributed by atoms with Gasteiger partial charge in [0.15, 0.2) is 6.10 Å². The highest BCUT2D eigenvalue weighted by atomic mass is 16.6. The number of carbonyl (C=O) groups is 3. The summed E-state index contributed by atoms with van der Waals surface area (Å²) >= 11 is 0. The molecule has 0 amide bonds. The van der Waals surface area contributed by atoms with Crippen molar-refractivity contribution in [2.75, 3.05) is 13.2 Å². The molecule has 0 aromatic rings. The van der Waals surface area contributed by atoms with Crippen LogP contribution in [-0.4, -0.2) is 37.2 Å². The molecule has 6 heteroatoms. The molecule has 0 rings (SSSR count). The zero-order chi connectivity index (χ0) is 58.5. The highest BCUT2D eigenvalue weighted by Gasteiger charge is 2.19. The molecule has 1 unspecified atom stereocenters. The van der Waals surface area contributed by atoms with Crippen molar-refractivity contribution < 1.29 is 28.6 Å². The van der Waals surface area contributed by atoms with Crippen LogP contribution in [0.2, 0.25) is 0 Å². The minimum Gasteiger partial charge on any atom is -0.462 e. The van der Waals surface area contributed by atoms with Crippen molar-refractivity contribution in [1.29, 1.82) is 0 Å². The van der Waals surface area contributed by atoms with Gasteiger partial charge in [-0.05, 0) is 148 Å². The summed E-state index contributed by atoms with van der Waals surface area (Å²) in [6, 6.07) is 0. The largest absolute Gasteiger partial charge is 0.462 e. The Morgan fingerprint density at radius 2 is 0.481 bits per heavy atom. The minimum absolute atomic E-state index is 0.0769. The second-order valence-electron chi connectivity index (χ2n) is 19.8. The second kappa shape index (κ2) is 66.5. The lowest BCUT2D eigenvalue weighted by molar-refractivity contribution is -0.166. The first kappa shape index (κ1) is 75.0. The Morgan fingerprint density at radius 1 is 0.259 bits per heavy atom. The zero-order valence-electron chi connectivity index (χ0n) is 51.2. The molecular formula is C75H112O6. The van der Waals surface area contributed by atoms with E-state index in [0.717, 1.165) is 161 Å². The van der Waals surface area contributed by atoms with Gasteiger partial charge in [-0.25, -0.2) is 0 Å². The third kappa shape index (κ3) is 64.7. The summed E-state index contributed by atoms with van der Waals surface area (Å²) in [5.74, 6) is -1.13. The maximum absolute atomic E-state index is 12.8. The van der Waals surface area contributed by atoms with E-state index in [1.165, 1.54) is 19.3 Å². The van der Waals surface area contributed by atoms with Crippen molar-refractivity contribution in [1.82, 2.24) is 0 Å². The third-order valence-electron chi connectivity index (χ3n) is 12.3.